The molecule has 4 atom stereocenters. The predicted octanol–water partition coefficient (Wildman–Crippen LogP) is 3.37. The van der Waals surface area contributed by atoms with Gasteiger partial charge < -0.3 is 19.9 Å². The fourth-order valence-corrected chi connectivity index (χ4v) is 3.78. The van der Waals surface area contributed by atoms with Crippen LogP contribution in [-0.4, -0.2) is 61.1 Å². The monoisotopic (exact) mass is 388 g/mol. The second kappa shape index (κ2) is 8.63. The van der Waals surface area contributed by atoms with E-state index < -0.39 is 6.30 Å². The number of amides is 2. The second-order valence-electron chi connectivity index (χ2n) is 7.49. The summed E-state index contributed by atoms with van der Waals surface area (Å²) in [6.07, 6.45) is 2.23. The Hall–Kier alpha value is -2.57. The summed E-state index contributed by atoms with van der Waals surface area (Å²) < 4.78 is 19.2. The highest BCUT2D eigenvalue weighted by atomic mass is 19.1. The van der Waals surface area contributed by atoms with E-state index in [0.717, 1.165) is 17.0 Å². The van der Waals surface area contributed by atoms with Crippen molar-refractivity contribution in [2.24, 2.45) is 10.9 Å². The van der Waals surface area contributed by atoms with Crippen molar-refractivity contribution in [1.29, 1.82) is 0 Å². The number of alkyl halides is 1. The number of carbonyl (C=O) groups excluding carboxylic acids is 1. The summed E-state index contributed by atoms with van der Waals surface area (Å²) in [5.74, 6) is 0.506. The van der Waals surface area contributed by atoms with E-state index in [4.69, 9.17) is 4.74 Å². The molecule has 1 aromatic rings. The first-order chi connectivity index (χ1) is 13.4. The van der Waals surface area contributed by atoms with Crippen LogP contribution in [0, 0.1) is 5.92 Å². The van der Waals surface area contributed by atoms with Gasteiger partial charge in [-0.15, -0.1) is 0 Å². The highest BCUT2D eigenvalue weighted by molar-refractivity contribution is 5.75. The van der Waals surface area contributed by atoms with E-state index in [9.17, 15) is 9.18 Å². The number of benzene rings is 1. The first-order valence-corrected chi connectivity index (χ1v) is 9.74. The Kier molecular flexibility index (Phi) is 6.21. The topological polar surface area (TPSA) is 57.2 Å². The molecule has 2 amide bonds. The lowest BCUT2D eigenvalue weighted by atomic mass is 10.0. The molecule has 0 saturated carbocycles. The van der Waals surface area contributed by atoms with Gasteiger partial charge in [0.25, 0.3) is 0 Å². The Morgan fingerprint density at radius 1 is 1.36 bits per heavy atom. The molecule has 1 N–H and O–H groups in total. The molecule has 1 saturated heterocycles. The van der Waals surface area contributed by atoms with E-state index in [1.165, 1.54) is 0 Å². The Bertz CT molecular complexity index is 767. The third-order valence-electron chi connectivity index (χ3n) is 5.53. The number of dihydropyridines is 1. The van der Waals surface area contributed by atoms with Crippen LogP contribution in [0.3, 0.4) is 0 Å². The molecule has 3 unspecified atom stereocenters. The minimum Gasteiger partial charge on any atom is -0.497 e. The molecular weight excluding hydrogens is 359 g/mol. The van der Waals surface area contributed by atoms with Crippen molar-refractivity contribution in [3.63, 3.8) is 0 Å². The van der Waals surface area contributed by atoms with E-state index in [1.54, 1.807) is 13.3 Å². The van der Waals surface area contributed by atoms with Crippen LogP contribution in [0.1, 0.15) is 32.4 Å². The van der Waals surface area contributed by atoms with Gasteiger partial charge in [-0.1, -0.05) is 19.1 Å². The average Bonchev–Trinajstić information content (AvgIpc) is 2.70. The quantitative estimate of drug-likeness (QED) is 0.805. The van der Waals surface area contributed by atoms with Gasteiger partial charge in [0.15, 0.2) is 6.30 Å². The van der Waals surface area contributed by atoms with E-state index in [1.807, 2.05) is 49.1 Å². The van der Waals surface area contributed by atoms with Crippen molar-refractivity contribution in [3.8, 4) is 5.75 Å². The van der Waals surface area contributed by atoms with E-state index in [2.05, 4.69) is 22.1 Å². The standard InChI is InChI=1S/C21H29FN4O2/c1-14-13-25(10-11-26(14)19-8-9-23-20(22)15(19)2)21(27)24-16(3)17-6-5-7-18(12-17)28-4/h5-9,12,14-16,20H,10-11,13H2,1-4H3,(H,24,27)/t14?,15?,16-,20?/m1/s1. The van der Waals surface area contributed by atoms with Gasteiger partial charge in [0, 0.05) is 43.5 Å². The third-order valence-corrected chi connectivity index (χ3v) is 5.53. The Morgan fingerprint density at radius 2 is 2.14 bits per heavy atom. The minimum atomic E-state index is -1.20. The molecule has 2 heterocycles. The van der Waals surface area contributed by atoms with Crippen LogP contribution in [0.15, 0.2) is 41.0 Å². The number of hydrogen-bond acceptors (Lipinski definition) is 4. The maximum absolute atomic E-state index is 13.9. The van der Waals surface area contributed by atoms with Crippen LogP contribution >= 0.6 is 0 Å². The SMILES string of the molecule is COc1cccc([C@@H](C)NC(=O)N2CCN(C3=CC=NC(F)C3C)C(C)C2)c1. The van der Waals surface area contributed by atoms with Crippen LogP contribution in [-0.2, 0) is 0 Å². The van der Waals surface area contributed by atoms with Gasteiger partial charge in [0.05, 0.1) is 13.2 Å². The summed E-state index contributed by atoms with van der Waals surface area (Å²) in [4.78, 5) is 20.6. The number of halogens is 1. The number of methoxy groups -OCH3 is 1. The number of aliphatic imine (C=N–C) groups is 1. The molecule has 6 nitrogen and oxygen atoms in total. The van der Waals surface area contributed by atoms with Gasteiger partial charge in [0.2, 0.25) is 0 Å². The molecule has 1 aromatic carbocycles. The highest BCUT2D eigenvalue weighted by Crippen LogP contribution is 2.28. The highest BCUT2D eigenvalue weighted by Gasteiger charge is 2.33. The van der Waals surface area contributed by atoms with E-state index >= 15 is 0 Å². The number of nitrogens with one attached hydrogen (secondary N) is 1. The first-order valence-electron chi connectivity index (χ1n) is 9.74. The summed E-state index contributed by atoms with van der Waals surface area (Å²) in [6.45, 7) is 7.75. The summed E-state index contributed by atoms with van der Waals surface area (Å²) in [7, 11) is 1.63. The maximum atomic E-state index is 13.9. The number of urea groups is 1. The van der Waals surface area contributed by atoms with Crippen molar-refractivity contribution in [2.75, 3.05) is 26.7 Å². The van der Waals surface area contributed by atoms with Gasteiger partial charge in [-0.25, -0.2) is 9.18 Å². The molecule has 28 heavy (non-hydrogen) atoms. The zero-order valence-corrected chi connectivity index (χ0v) is 16.9. The predicted molar refractivity (Wildman–Crippen MR) is 108 cm³/mol. The van der Waals surface area contributed by atoms with Crippen molar-refractivity contribution in [2.45, 2.75) is 39.2 Å². The molecule has 0 bridgehead atoms. The van der Waals surface area contributed by atoms with Crippen LogP contribution in [0.25, 0.3) is 0 Å². The lowest BCUT2D eigenvalue weighted by Gasteiger charge is -2.44. The summed E-state index contributed by atoms with van der Waals surface area (Å²) >= 11 is 0. The first kappa shape index (κ1) is 20.2. The van der Waals surface area contributed by atoms with Gasteiger partial charge >= 0.3 is 6.03 Å². The number of piperazine rings is 1. The lowest BCUT2D eigenvalue weighted by molar-refractivity contribution is 0.104. The number of ether oxygens (including phenoxy) is 1. The third kappa shape index (κ3) is 4.29. The van der Waals surface area contributed by atoms with Crippen LogP contribution in [0.4, 0.5) is 9.18 Å². The number of nitrogens with zero attached hydrogens (tertiary/aromatic N) is 3. The fraction of sp³-hybridized carbons (Fsp3) is 0.524. The smallest absolute Gasteiger partial charge is 0.318 e. The van der Waals surface area contributed by atoms with Gasteiger partial charge in [-0.3, -0.25) is 4.99 Å². The van der Waals surface area contributed by atoms with Crippen molar-refractivity contribution in [1.82, 2.24) is 15.1 Å². The van der Waals surface area contributed by atoms with Gasteiger partial charge in [-0.2, -0.15) is 0 Å². The average molecular weight is 388 g/mol. The maximum Gasteiger partial charge on any atom is 0.318 e. The summed E-state index contributed by atoms with van der Waals surface area (Å²) in [6, 6.07) is 7.60. The molecular formula is C21H29FN4O2. The van der Waals surface area contributed by atoms with Crippen LogP contribution in [0.2, 0.25) is 0 Å². The van der Waals surface area contributed by atoms with Crippen LogP contribution in [0.5, 0.6) is 5.75 Å². The second-order valence-corrected chi connectivity index (χ2v) is 7.49. The molecule has 0 aliphatic carbocycles. The molecule has 7 heteroatoms. The van der Waals surface area contributed by atoms with E-state index in [0.29, 0.717) is 19.6 Å². The summed E-state index contributed by atoms with van der Waals surface area (Å²) in [5.41, 5.74) is 1.95. The normalized spacial score (nSPS) is 25.9. The molecule has 0 spiro atoms. The lowest BCUT2D eigenvalue weighted by Crippen LogP contribution is -2.56. The van der Waals surface area contributed by atoms with Gasteiger partial charge in [-0.05, 0) is 37.6 Å². The number of rotatable bonds is 4. The number of carbonyl (C=O) groups is 1. The number of allylic oxidation sites excluding steroid dienone is 1. The molecule has 1 fully saturated rings. The Labute approximate surface area is 166 Å². The van der Waals surface area contributed by atoms with Crippen molar-refractivity contribution in [3.05, 3.63) is 41.6 Å². The minimum absolute atomic E-state index is 0.0857. The zero-order valence-electron chi connectivity index (χ0n) is 16.9. The van der Waals surface area contributed by atoms with E-state index in [-0.39, 0.29) is 24.0 Å². The van der Waals surface area contributed by atoms with Gasteiger partial charge in [0.1, 0.15) is 5.75 Å². The molecule has 2 aliphatic heterocycles. The molecule has 2 aliphatic rings. The van der Waals surface area contributed by atoms with Crippen LogP contribution < -0.4 is 10.1 Å². The summed E-state index contributed by atoms with van der Waals surface area (Å²) in [5, 5.41) is 3.07. The Morgan fingerprint density at radius 3 is 2.86 bits per heavy atom. The van der Waals surface area contributed by atoms with Crippen molar-refractivity contribution < 1.29 is 13.9 Å². The zero-order chi connectivity index (χ0) is 20.3. The molecule has 3 rings (SSSR count). The molecule has 0 aromatic heterocycles. The number of hydrogen-bond donors (Lipinski definition) is 1. The fourth-order valence-electron chi connectivity index (χ4n) is 3.78. The largest absolute Gasteiger partial charge is 0.497 e. The molecule has 152 valence electrons. The van der Waals surface area contributed by atoms with Crippen molar-refractivity contribution >= 4 is 12.2 Å². The Balaban J connectivity index is 1.59. The molecule has 0 radical (unpaired) electrons.